The third-order valence-corrected chi connectivity index (χ3v) is 3.92. The minimum absolute atomic E-state index is 0.481. The molecule has 5 nitrogen and oxygen atoms in total. The van der Waals surface area contributed by atoms with Crippen LogP contribution < -0.4 is 0 Å². The third kappa shape index (κ3) is 3.61. The molecule has 0 bridgehead atoms. The van der Waals surface area contributed by atoms with E-state index >= 15 is 0 Å². The minimum atomic E-state index is 0.481. The van der Waals surface area contributed by atoms with E-state index in [1.54, 1.807) is 0 Å². The van der Waals surface area contributed by atoms with Gasteiger partial charge in [-0.05, 0) is 39.3 Å². The topological polar surface area (TPSA) is 54.8 Å². The van der Waals surface area contributed by atoms with Crippen LogP contribution in [0.1, 0.15) is 41.7 Å². The first kappa shape index (κ1) is 14.1. The standard InChI is InChI=1S/C16H21N5/c1-12-8-17-9-16(19-12)14-4-3-7-21(10-14)11-15-5-6-18-13(2)20-15/h5-6,8-9,14H,3-4,7,10-11H2,1-2H3. The van der Waals surface area contributed by atoms with Gasteiger partial charge >= 0.3 is 0 Å². The first-order valence-electron chi connectivity index (χ1n) is 7.50. The number of aryl methyl sites for hydroxylation is 2. The fourth-order valence-electron chi connectivity index (χ4n) is 2.94. The van der Waals surface area contributed by atoms with Crippen LogP contribution in [0.4, 0.5) is 0 Å². The van der Waals surface area contributed by atoms with E-state index in [2.05, 4.69) is 24.8 Å². The Balaban J connectivity index is 1.68. The van der Waals surface area contributed by atoms with Crippen LogP contribution in [0.15, 0.2) is 24.7 Å². The van der Waals surface area contributed by atoms with Crippen LogP contribution in [0, 0.1) is 13.8 Å². The number of hydrogen-bond donors (Lipinski definition) is 0. The molecular weight excluding hydrogens is 262 g/mol. The number of likely N-dealkylation sites (tertiary alicyclic amines) is 1. The van der Waals surface area contributed by atoms with Crippen molar-refractivity contribution in [1.82, 2.24) is 24.8 Å². The number of aromatic nitrogens is 4. The van der Waals surface area contributed by atoms with Crippen LogP contribution in [0.2, 0.25) is 0 Å². The fourth-order valence-corrected chi connectivity index (χ4v) is 2.94. The van der Waals surface area contributed by atoms with Crippen molar-refractivity contribution in [3.05, 3.63) is 47.6 Å². The minimum Gasteiger partial charge on any atom is -0.297 e. The van der Waals surface area contributed by atoms with Crippen LogP contribution in [0.3, 0.4) is 0 Å². The van der Waals surface area contributed by atoms with E-state index in [-0.39, 0.29) is 0 Å². The average Bonchev–Trinajstić information content (AvgIpc) is 2.47. The molecule has 1 atom stereocenters. The van der Waals surface area contributed by atoms with Crippen LogP contribution in [-0.2, 0) is 6.54 Å². The highest BCUT2D eigenvalue weighted by atomic mass is 15.1. The summed E-state index contributed by atoms with van der Waals surface area (Å²) in [5, 5.41) is 0. The number of nitrogens with zero attached hydrogens (tertiary/aromatic N) is 5. The molecule has 1 aliphatic rings. The molecule has 0 N–H and O–H groups in total. The molecule has 1 unspecified atom stereocenters. The lowest BCUT2D eigenvalue weighted by atomic mass is 9.95. The Morgan fingerprint density at radius 3 is 2.95 bits per heavy atom. The van der Waals surface area contributed by atoms with Crippen molar-refractivity contribution < 1.29 is 0 Å². The molecule has 1 fully saturated rings. The Morgan fingerprint density at radius 2 is 2.14 bits per heavy atom. The zero-order chi connectivity index (χ0) is 14.7. The molecule has 21 heavy (non-hydrogen) atoms. The van der Waals surface area contributed by atoms with Gasteiger partial charge < -0.3 is 0 Å². The van der Waals surface area contributed by atoms with Crippen molar-refractivity contribution in [1.29, 1.82) is 0 Å². The van der Waals surface area contributed by atoms with Crippen molar-refractivity contribution in [2.45, 2.75) is 39.2 Å². The van der Waals surface area contributed by atoms with Gasteiger partial charge in [-0.25, -0.2) is 9.97 Å². The van der Waals surface area contributed by atoms with Gasteiger partial charge in [0.15, 0.2) is 0 Å². The number of rotatable bonds is 3. The summed E-state index contributed by atoms with van der Waals surface area (Å²) in [6.45, 7) is 6.98. The molecular formula is C16H21N5. The molecule has 0 aromatic carbocycles. The first-order valence-corrected chi connectivity index (χ1v) is 7.50. The maximum absolute atomic E-state index is 4.64. The van der Waals surface area contributed by atoms with Crippen molar-refractivity contribution in [2.24, 2.45) is 0 Å². The highest BCUT2D eigenvalue weighted by Gasteiger charge is 2.23. The van der Waals surface area contributed by atoms with Gasteiger partial charge in [-0.2, -0.15) is 0 Å². The Bertz CT molecular complexity index is 613. The van der Waals surface area contributed by atoms with Gasteiger partial charge in [0, 0.05) is 37.6 Å². The third-order valence-electron chi connectivity index (χ3n) is 3.92. The normalized spacial score (nSPS) is 19.6. The number of hydrogen-bond acceptors (Lipinski definition) is 5. The Labute approximate surface area is 125 Å². The molecule has 0 amide bonds. The molecule has 3 rings (SSSR count). The number of piperidine rings is 1. The van der Waals surface area contributed by atoms with E-state index in [4.69, 9.17) is 0 Å². The van der Waals surface area contributed by atoms with E-state index in [0.717, 1.165) is 42.5 Å². The molecule has 0 aliphatic carbocycles. The molecule has 0 radical (unpaired) electrons. The molecule has 2 aromatic heterocycles. The molecule has 1 saturated heterocycles. The monoisotopic (exact) mass is 283 g/mol. The van der Waals surface area contributed by atoms with Crippen molar-refractivity contribution >= 4 is 0 Å². The zero-order valence-corrected chi connectivity index (χ0v) is 12.7. The van der Waals surface area contributed by atoms with Crippen molar-refractivity contribution in [2.75, 3.05) is 13.1 Å². The summed E-state index contributed by atoms with van der Waals surface area (Å²) in [7, 11) is 0. The predicted molar refractivity (Wildman–Crippen MR) is 80.8 cm³/mol. The second-order valence-electron chi connectivity index (χ2n) is 5.75. The molecule has 3 heterocycles. The van der Waals surface area contributed by atoms with Gasteiger partial charge in [0.25, 0.3) is 0 Å². The van der Waals surface area contributed by atoms with E-state index in [9.17, 15) is 0 Å². The molecule has 110 valence electrons. The summed E-state index contributed by atoms with van der Waals surface area (Å²) >= 11 is 0. The summed E-state index contributed by atoms with van der Waals surface area (Å²) in [4.78, 5) is 20.0. The average molecular weight is 283 g/mol. The van der Waals surface area contributed by atoms with Gasteiger partial charge in [-0.15, -0.1) is 0 Å². The van der Waals surface area contributed by atoms with E-state index < -0.39 is 0 Å². The van der Waals surface area contributed by atoms with Gasteiger partial charge in [0.2, 0.25) is 0 Å². The van der Waals surface area contributed by atoms with E-state index in [1.165, 1.54) is 12.8 Å². The molecule has 0 saturated carbocycles. The summed E-state index contributed by atoms with van der Waals surface area (Å²) in [6.07, 6.45) is 7.96. The van der Waals surface area contributed by atoms with E-state index in [0.29, 0.717) is 5.92 Å². The van der Waals surface area contributed by atoms with Crippen molar-refractivity contribution in [3.63, 3.8) is 0 Å². The predicted octanol–water partition coefficient (Wildman–Crippen LogP) is 2.26. The smallest absolute Gasteiger partial charge is 0.125 e. The second-order valence-corrected chi connectivity index (χ2v) is 5.75. The molecule has 0 spiro atoms. The lowest BCUT2D eigenvalue weighted by Gasteiger charge is -2.32. The Kier molecular flexibility index (Phi) is 4.20. The molecule has 2 aromatic rings. The molecule has 5 heteroatoms. The van der Waals surface area contributed by atoms with Crippen molar-refractivity contribution in [3.8, 4) is 0 Å². The van der Waals surface area contributed by atoms with Crippen LogP contribution in [-0.4, -0.2) is 37.9 Å². The Morgan fingerprint density at radius 1 is 1.24 bits per heavy atom. The van der Waals surface area contributed by atoms with Gasteiger partial charge in [-0.1, -0.05) is 0 Å². The summed E-state index contributed by atoms with van der Waals surface area (Å²) < 4.78 is 0. The van der Waals surface area contributed by atoms with Crippen LogP contribution in [0.5, 0.6) is 0 Å². The van der Waals surface area contributed by atoms with E-state index in [1.807, 2.05) is 38.5 Å². The first-order chi connectivity index (χ1) is 10.2. The Hall–Kier alpha value is -1.88. The summed E-state index contributed by atoms with van der Waals surface area (Å²) in [5.41, 5.74) is 3.22. The van der Waals surface area contributed by atoms with Crippen LogP contribution >= 0.6 is 0 Å². The largest absolute Gasteiger partial charge is 0.297 e. The van der Waals surface area contributed by atoms with Crippen LogP contribution in [0.25, 0.3) is 0 Å². The second kappa shape index (κ2) is 6.26. The van der Waals surface area contributed by atoms with Gasteiger partial charge in [0.05, 0.1) is 17.1 Å². The van der Waals surface area contributed by atoms with Gasteiger partial charge in [-0.3, -0.25) is 14.9 Å². The van der Waals surface area contributed by atoms with Gasteiger partial charge in [0.1, 0.15) is 5.82 Å². The lowest BCUT2D eigenvalue weighted by Crippen LogP contribution is -2.34. The summed E-state index contributed by atoms with van der Waals surface area (Å²) in [6, 6.07) is 2.00. The zero-order valence-electron chi connectivity index (χ0n) is 12.7. The maximum Gasteiger partial charge on any atom is 0.125 e. The highest BCUT2D eigenvalue weighted by molar-refractivity contribution is 5.10. The SMILES string of the molecule is Cc1cncc(C2CCCN(Cc3ccnc(C)n3)C2)n1. The fraction of sp³-hybridized carbons (Fsp3) is 0.500. The quantitative estimate of drug-likeness (QED) is 0.865. The summed E-state index contributed by atoms with van der Waals surface area (Å²) in [5.74, 6) is 1.32. The molecule has 1 aliphatic heterocycles. The maximum atomic E-state index is 4.64. The lowest BCUT2D eigenvalue weighted by molar-refractivity contribution is 0.196. The highest BCUT2D eigenvalue weighted by Crippen LogP contribution is 2.26.